The second kappa shape index (κ2) is 6.02. The summed E-state index contributed by atoms with van der Waals surface area (Å²) in [6, 6.07) is 0.838. The van der Waals surface area contributed by atoms with Crippen molar-refractivity contribution in [2.75, 3.05) is 19.6 Å². The average Bonchev–Trinajstić information content (AvgIpc) is 2.36. The molecule has 3 atom stereocenters. The summed E-state index contributed by atoms with van der Waals surface area (Å²) in [7, 11) is 0. The van der Waals surface area contributed by atoms with E-state index >= 15 is 0 Å². The third-order valence-electron chi connectivity index (χ3n) is 5.01. The van der Waals surface area contributed by atoms with Gasteiger partial charge in [0, 0.05) is 37.6 Å². The molecule has 0 radical (unpaired) electrons. The summed E-state index contributed by atoms with van der Waals surface area (Å²) in [5.41, 5.74) is 6.17. The topological polar surface area (TPSA) is 49.6 Å². The normalized spacial score (nSPS) is 29.9. The van der Waals surface area contributed by atoms with Crippen LogP contribution in [-0.4, -0.2) is 53.5 Å². The highest BCUT2D eigenvalue weighted by Crippen LogP contribution is 2.26. The van der Waals surface area contributed by atoms with E-state index < -0.39 is 0 Å². The van der Waals surface area contributed by atoms with E-state index in [0.29, 0.717) is 18.5 Å². The minimum atomic E-state index is -0.0633. The first-order valence-corrected chi connectivity index (χ1v) is 8.08. The van der Waals surface area contributed by atoms with E-state index in [-0.39, 0.29) is 17.4 Å². The molecule has 3 unspecified atom stereocenters. The Morgan fingerprint density at radius 1 is 1.30 bits per heavy atom. The summed E-state index contributed by atoms with van der Waals surface area (Å²) in [6.45, 7) is 11.6. The molecule has 1 amide bonds. The summed E-state index contributed by atoms with van der Waals surface area (Å²) >= 11 is 0. The number of rotatable bonds is 2. The molecule has 2 saturated heterocycles. The highest BCUT2D eigenvalue weighted by molar-refractivity contribution is 5.77. The quantitative estimate of drug-likeness (QED) is 0.840. The zero-order valence-electron chi connectivity index (χ0n) is 13.6. The lowest BCUT2D eigenvalue weighted by molar-refractivity contribution is -0.139. The Kier molecular flexibility index (Phi) is 4.75. The van der Waals surface area contributed by atoms with Crippen molar-refractivity contribution in [1.82, 2.24) is 9.80 Å². The van der Waals surface area contributed by atoms with E-state index in [1.165, 1.54) is 25.8 Å². The molecule has 116 valence electrons. The van der Waals surface area contributed by atoms with Crippen molar-refractivity contribution in [3.8, 4) is 0 Å². The van der Waals surface area contributed by atoms with Crippen LogP contribution >= 0.6 is 0 Å². The Morgan fingerprint density at radius 3 is 2.65 bits per heavy atom. The van der Waals surface area contributed by atoms with Gasteiger partial charge in [0.15, 0.2) is 0 Å². The molecule has 4 heteroatoms. The Balaban J connectivity index is 1.95. The Hall–Kier alpha value is -0.610. The van der Waals surface area contributed by atoms with Crippen LogP contribution in [0.3, 0.4) is 0 Å². The van der Waals surface area contributed by atoms with E-state index in [1.54, 1.807) is 0 Å². The Morgan fingerprint density at radius 2 is 2.00 bits per heavy atom. The lowest BCUT2D eigenvalue weighted by atomic mass is 9.85. The number of piperazine rings is 1. The molecule has 2 heterocycles. The smallest absolute Gasteiger partial charge is 0.224 e. The molecule has 0 aromatic heterocycles. The van der Waals surface area contributed by atoms with Crippen LogP contribution in [0.1, 0.15) is 53.4 Å². The van der Waals surface area contributed by atoms with Gasteiger partial charge in [0.05, 0.1) is 0 Å². The van der Waals surface area contributed by atoms with Crippen molar-refractivity contribution < 1.29 is 4.79 Å². The molecule has 0 aliphatic carbocycles. The lowest BCUT2D eigenvalue weighted by Gasteiger charge is -2.48. The minimum Gasteiger partial charge on any atom is -0.337 e. The third-order valence-corrected chi connectivity index (χ3v) is 5.01. The first-order chi connectivity index (χ1) is 9.29. The predicted octanol–water partition coefficient (Wildman–Crippen LogP) is 1.84. The second-order valence-electron chi connectivity index (χ2n) is 7.72. The zero-order chi connectivity index (χ0) is 14.9. The van der Waals surface area contributed by atoms with Gasteiger partial charge in [-0.3, -0.25) is 9.69 Å². The molecule has 20 heavy (non-hydrogen) atoms. The summed E-state index contributed by atoms with van der Waals surface area (Å²) in [5.74, 6) is 0.241. The number of amides is 1. The fraction of sp³-hybridized carbons (Fsp3) is 0.938. The van der Waals surface area contributed by atoms with Crippen molar-refractivity contribution in [3.05, 3.63) is 0 Å². The molecule has 2 N–H and O–H groups in total. The number of nitrogens with two attached hydrogens (primary N) is 1. The molecule has 2 aliphatic rings. The number of nitrogens with zero attached hydrogens (tertiary/aromatic N) is 2. The molecule has 0 bridgehead atoms. The highest BCUT2D eigenvalue weighted by Gasteiger charge is 2.36. The summed E-state index contributed by atoms with van der Waals surface area (Å²) in [5, 5.41) is 0. The SMILES string of the molecule is CC1CN2CCCCC2CN1C(=O)CC(N)C(C)(C)C. The van der Waals surface area contributed by atoms with Crippen LogP contribution in [0, 0.1) is 5.41 Å². The van der Waals surface area contributed by atoms with Crippen molar-refractivity contribution in [2.24, 2.45) is 11.1 Å². The van der Waals surface area contributed by atoms with E-state index in [9.17, 15) is 4.79 Å². The molecule has 0 aromatic rings. The highest BCUT2D eigenvalue weighted by atomic mass is 16.2. The molecule has 4 nitrogen and oxygen atoms in total. The van der Waals surface area contributed by atoms with Gasteiger partial charge in [-0.05, 0) is 31.7 Å². The van der Waals surface area contributed by atoms with Gasteiger partial charge in [0.2, 0.25) is 5.91 Å². The number of hydrogen-bond donors (Lipinski definition) is 1. The second-order valence-corrected chi connectivity index (χ2v) is 7.72. The largest absolute Gasteiger partial charge is 0.337 e. The van der Waals surface area contributed by atoms with Crippen LogP contribution in [0.2, 0.25) is 0 Å². The molecule has 0 aromatic carbocycles. The molecule has 0 spiro atoms. The van der Waals surface area contributed by atoms with Gasteiger partial charge in [-0.15, -0.1) is 0 Å². The molecule has 2 aliphatic heterocycles. The van der Waals surface area contributed by atoms with E-state index in [2.05, 4.69) is 37.5 Å². The lowest BCUT2D eigenvalue weighted by Crippen LogP contribution is -2.60. The maximum atomic E-state index is 12.6. The number of hydrogen-bond acceptors (Lipinski definition) is 3. The predicted molar refractivity (Wildman–Crippen MR) is 82.4 cm³/mol. The summed E-state index contributed by atoms with van der Waals surface area (Å²) in [6.07, 6.45) is 4.33. The van der Waals surface area contributed by atoms with E-state index in [4.69, 9.17) is 5.73 Å². The Labute approximate surface area is 123 Å². The standard InChI is InChI=1S/C16H31N3O/c1-12-10-18-8-6-5-7-13(18)11-19(12)15(20)9-14(17)16(2,3)4/h12-14H,5-11,17H2,1-4H3. The maximum absolute atomic E-state index is 12.6. The monoisotopic (exact) mass is 281 g/mol. The molecule has 2 rings (SSSR count). The van der Waals surface area contributed by atoms with Gasteiger partial charge < -0.3 is 10.6 Å². The molecular formula is C16H31N3O. The third kappa shape index (κ3) is 3.53. The first kappa shape index (κ1) is 15.8. The van der Waals surface area contributed by atoms with Crippen molar-refractivity contribution in [2.45, 2.75) is 71.5 Å². The van der Waals surface area contributed by atoms with Crippen LogP contribution in [0.5, 0.6) is 0 Å². The van der Waals surface area contributed by atoms with E-state index in [1.807, 2.05) is 0 Å². The van der Waals surface area contributed by atoms with Gasteiger partial charge in [-0.1, -0.05) is 27.2 Å². The average molecular weight is 281 g/mol. The number of carbonyl (C=O) groups excluding carboxylic acids is 1. The van der Waals surface area contributed by atoms with Crippen molar-refractivity contribution >= 4 is 5.91 Å². The fourth-order valence-corrected chi connectivity index (χ4v) is 3.31. The van der Waals surface area contributed by atoms with Crippen LogP contribution in [0.25, 0.3) is 0 Å². The molecule has 0 saturated carbocycles. The summed E-state index contributed by atoms with van der Waals surface area (Å²) < 4.78 is 0. The van der Waals surface area contributed by atoms with Crippen molar-refractivity contribution in [3.63, 3.8) is 0 Å². The number of piperidine rings is 1. The van der Waals surface area contributed by atoms with Gasteiger partial charge in [0.25, 0.3) is 0 Å². The fourth-order valence-electron chi connectivity index (χ4n) is 3.31. The van der Waals surface area contributed by atoms with Crippen LogP contribution in [-0.2, 0) is 4.79 Å². The summed E-state index contributed by atoms with van der Waals surface area (Å²) in [4.78, 5) is 17.2. The van der Waals surface area contributed by atoms with Crippen LogP contribution in [0.4, 0.5) is 0 Å². The number of carbonyl (C=O) groups is 1. The van der Waals surface area contributed by atoms with Gasteiger partial charge in [0.1, 0.15) is 0 Å². The molecular weight excluding hydrogens is 250 g/mol. The van der Waals surface area contributed by atoms with Gasteiger partial charge >= 0.3 is 0 Å². The maximum Gasteiger partial charge on any atom is 0.224 e. The van der Waals surface area contributed by atoms with E-state index in [0.717, 1.165) is 13.1 Å². The number of fused-ring (bicyclic) bond motifs is 1. The van der Waals surface area contributed by atoms with Crippen LogP contribution in [0.15, 0.2) is 0 Å². The Bertz CT molecular complexity index is 350. The van der Waals surface area contributed by atoms with Gasteiger partial charge in [-0.25, -0.2) is 0 Å². The first-order valence-electron chi connectivity index (χ1n) is 8.08. The van der Waals surface area contributed by atoms with Gasteiger partial charge in [-0.2, -0.15) is 0 Å². The minimum absolute atomic E-state index is 0.00837. The van der Waals surface area contributed by atoms with Crippen molar-refractivity contribution in [1.29, 1.82) is 0 Å². The van der Waals surface area contributed by atoms with Crippen LogP contribution < -0.4 is 5.73 Å². The zero-order valence-corrected chi connectivity index (χ0v) is 13.6. The molecule has 2 fully saturated rings.